The first kappa shape index (κ1) is 18.4. The monoisotopic (exact) mass is 360 g/mol. The van der Waals surface area contributed by atoms with Crippen molar-refractivity contribution in [2.24, 2.45) is 0 Å². The molecule has 0 N–H and O–H groups in total. The van der Waals surface area contributed by atoms with Crippen LogP contribution < -0.4 is 0 Å². The molecular formula is C15H24N2O4S2. The van der Waals surface area contributed by atoms with Crippen LogP contribution in [0.5, 0.6) is 0 Å². The van der Waals surface area contributed by atoms with Gasteiger partial charge in [0.2, 0.25) is 20.0 Å². The molecule has 23 heavy (non-hydrogen) atoms. The standard InChI is InChI=1S/C15H24N2O4S2/c1-4-13-7-5-6-12-17(13)23(20,21)15-10-8-14(9-11-15)22(18,19)16(2)3/h8-11,13H,4-7,12H2,1-3H3. The van der Waals surface area contributed by atoms with Gasteiger partial charge in [0.25, 0.3) is 0 Å². The predicted octanol–water partition coefficient (Wildman–Crippen LogP) is 1.89. The first-order valence-corrected chi connectivity index (χ1v) is 10.6. The van der Waals surface area contributed by atoms with Crippen LogP contribution in [-0.2, 0) is 20.0 Å². The van der Waals surface area contributed by atoms with Gasteiger partial charge in [-0.2, -0.15) is 4.31 Å². The largest absolute Gasteiger partial charge is 0.243 e. The summed E-state index contributed by atoms with van der Waals surface area (Å²) >= 11 is 0. The van der Waals surface area contributed by atoms with Crippen molar-refractivity contribution < 1.29 is 16.8 Å². The summed E-state index contributed by atoms with van der Waals surface area (Å²) in [6.07, 6.45) is 3.57. The van der Waals surface area contributed by atoms with Gasteiger partial charge < -0.3 is 0 Å². The fourth-order valence-corrected chi connectivity index (χ4v) is 5.50. The van der Waals surface area contributed by atoms with Crippen molar-refractivity contribution in [1.29, 1.82) is 0 Å². The Labute approximate surface area is 139 Å². The van der Waals surface area contributed by atoms with Gasteiger partial charge in [0, 0.05) is 26.7 Å². The van der Waals surface area contributed by atoms with Crippen LogP contribution >= 0.6 is 0 Å². The molecule has 0 saturated carbocycles. The van der Waals surface area contributed by atoms with Crippen LogP contribution in [0.2, 0.25) is 0 Å². The topological polar surface area (TPSA) is 74.8 Å². The molecule has 0 aliphatic carbocycles. The molecule has 0 aromatic heterocycles. The van der Waals surface area contributed by atoms with Crippen LogP contribution in [0.3, 0.4) is 0 Å². The van der Waals surface area contributed by atoms with E-state index >= 15 is 0 Å². The predicted molar refractivity (Wildman–Crippen MR) is 89.1 cm³/mol. The van der Waals surface area contributed by atoms with E-state index in [0.29, 0.717) is 6.54 Å². The van der Waals surface area contributed by atoms with Gasteiger partial charge in [-0.15, -0.1) is 0 Å². The lowest BCUT2D eigenvalue weighted by molar-refractivity contribution is 0.246. The SMILES string of the molecule is CCC1CCCCN1S(=O)(=O)c1ccc(S(=O)(=O)N(C)C)cc1. The van der Waals surface area contributed by atoms with Crippen LogP contribution in [-0.4, -0.2) is 52.1 Å². The summed E-state index contributed by atoms with van der Waals surface area (Å²) in [6, 6.07) is 5.50. The van der Waals surface area contributed by atoms with Gasteiger partial charge in [-0.3, -0.25) is 0 Å². The van der Waals surface area contributed by atoms with E-state index in [4.69, 9.17) is 0 Å². The molecular weight excluding hydrogens is 336 g/mol. The highest BCUT2D eigenvalue weighted by atomic mass is 32.2. The lowest BCUT2D eigenvalue weighted by atomic mass is 10.0. The van der Waals surface area contributed by atoms with E-state index < -0.39 is 20.0 Å². The summed E-state index contributed by atoms with van der Waals surface area (Å²) in [5.41, 5.74) is 0. The normalized spacial score (nSPS) is 20.8. The summed E-state index contributed by atoms with van der Waals surface area (Å²) in [5.74, 6) is 0. The minimum atomic E-state index is -3.58. The van der Waals surface area contributed by atoms with E-state index in [1.807, 2.05) is 6.92 Å². The Balaban J connectivity index is 2.34. The van der Waals surface area contributed by atoms with Crippen molar-refractivity contribution in [3.63, 3.8) is 0 Å². The Morgan fingerprint density at radius 1 is 1.04 bits per heavy atom. The number of rotatable bonds is 5. The number of nitrogens with zero attached hydrogens (tertiary/aromatic N) is 2. The summed E-state index contributed by atoms with van der Waals surface area (Å²) < 4.78 is 52.4. The Morgan fingerprint density at radius 3 is 2.13 bits per heavy atom. The molecule has 1 unspecified atom stereocenters. The van der Waals surface area contributed by atoms with Gasteiger partial charge in [0.15, 0.2) is 0 Å². The Bertz CT molecular complexity index is 740. The maximum absolute atomic E-state index is 12.8. The maximum atomic E-state index is 12.8. The smallest absolute Gasteiger partial charge is 0.207 e. The first-order chi connectivity index (χ1) is 10.7. The zero-order valence-corrected chi connectivity index (χ0v) is 15.4. The van der Waals surface area contributed by atoms with Gasteiger partial charge in [-0.1, -0.05) is 13.3 Å². The summed E-state index contributed by atoms with van der Waals surface area (Å²) in [4.78, 5) is 0.239. The molecule has 0 radical (unpaired) electrons. The van der Waals surface area contributed by atoms with E-state index in [1.54, 1.807) is 4.31 Å². The Hall–Kier alpha value is -0.960. The third kappa shape index (κ3) is 3.60. The van der Waals surface area contributed by atoms with Crippen molar-refractivity contribution >= 4 is 20.0 Å². The average Bonchev–Trinajstić information content (AvgIpc) is 2.54. The zero-order chi connectivity index (χ0) is 17.3. The summed E-state index contributed by atoms with van der Waals surface area (Å²) in [5, 5.41) is 0. The fraction of sp³-hybridized carbons (Fsp3) is 0.600. The lowest BCUT2D eigenvalue weighted by Crippen LogP contribution is -2.43. The average molecular weight is 361 g/mol. The lowest BCUT2D eigenvalue weighted by Gasteiger charge is -2.34. The van der Waals surface area contributed by atoms with Crippen molar-refractivity contribution in [1.82, 2.24) is 8.61 Å². The molecule has 6 nitrogen and oxygen atoms in total. The number of hydrogen-bond acceptors (Lipinski definition) is 4. The van der Waals surface area contributed by atoms with Crippen molar-refractivity contribution in [3.05, 3.63) is 24.3 Å². The molecule has 1 heterocycles. The van der Waals surface area contributed by atoms with E-state index in [2.05, 4.69) is 0 Å². The molecule has 0 amide bonds. The molecule has 0 bridgehead atoms. The maximum Gasteiger partial charge on any atom is 0.243 e. The molecule has 0 spiro atoms. The van der Waals surface area contributed by atoms with Crippen molar-refractivity contribution in [2.75, 3.05) is 20.6 Å². The molecule has 2 rings (SSSR count). The van der Waals surface area contributed by atoms with Gasteiger partial charge in [0.1, 0.15) is 0 Å². The molecule has 1 aromatic carbocycles. The van der Waals surface area contributed by atoms with E-state index in [1.165, 1.54) is 38.4 Å². The second-order valence-corrected chi connectivity index (χ2v) is 9.97. The summed E-state index contributed by atoms with van der Waals surface area (Å²) in [7, 11) is -4.25. The summed E-state index contributed by atoms with van der Waals surface area (Å²) in [6.45, 7) is 2.52. The van der Waals surface area contributed by atoms with Crippen LogP contribution in [0, 0.1) is 0 Å². The highest BCUT2D eigenvalue weighted by Crippen LogP contribution is 2.27. The Morgan fingerprint density at radius 2 is 1.61 bits per heavy atom. The second-order valence-electron chi connectivity index (χ2n) is 5.93. The molecule has 1 fully saturated rings. The molecule has 8 heteroatoms. The Kier molecular flexibility index (Phi) is 5.50. The number of benzene rings is 1. The highest BCUT2D eigenvalue weighted by molar-refractivity contribution is 7.89. The van der Waals surface area contributed by atoms with Gasteiger partial charge >= 0.3 is 0 Å². The fourth-order valence-electron chi connectivity index (χ4n) is 2.83. The van der Waals surface area contributed by atoms with Gasteiger partial charge in [-0.25, -0.2) is 21.1 Å². The number of hydrogen-bond donors (Lipinski definition) is 0. The van der Waals surface area contributed by atoms with Crippen molar-refractivity contribution in [3.8, 4) is 0 Å². The zero-order valence-electron chi connectivity index (χ0n) is 13.8. The molecule has 1 aliphatic rings. The van der Waals surface area contributed by atoms with E-state index in [9.17, 15) is 16.8 Å². The molecule has 1 aliphatic heterocycles. The van der Waals surface area contributed by atoms with Crippen LogP contribution in [0.1, 0.15) is 32.6 Å². The number of sulfonamides is 2. The second kappa shape index (κ2) is 6.88. The van der Waals surface area contributed by atoms with Crippen LogP contribution in [0.4, 0.5) is 0 Å². The molecule has 1 saturated heterocycles. The van der Waals surface area contributed by atoms with Crippen LogP contribution in [0.15, 0.2) is 34.1 Å². The van der Waals surface area contributed by atoms with Crippen LogP contribution in [0.25, 0.3) is 0 Å². The minimum absolute atomic E-state index is 0.0268. The van der Waals surface area contributed by atoms with Gasteiger partial charge in [0.05, 0.1) is 9.79 Å². The molecule has 1 atom stereocenters. The van der Waals surface area contributed by atoms with Gasteiger partial charge in [-0.05, 0) is 43.5 Å². The molecule has 1 aromatic rings. The number of piperidine rings is 1. The quantitative estimate of drug-likeness (QED) is 0.804. The van der Waals surface area contributed by atoms with E-state index in [-0.39, 0.29) is 15.8 Å². The van der Waals surface area contributed by atoms with E-state index in [0.717, 1.165) is 30.0 Å². The minimum Gasteiger partial charge on any atom is -0.207 e. The first-order valence-electron chi connectivity index (χ1n) is 7.75. The van der Waals surface area contributed by atoms with Crippen molar-refractivity contribution in [2.45, 2.75) is 48.4 Å². The molecule has 130 valence electrons. The highest BCUT2D eigenvalue weighted by Gasteiger charge is 2.32. The third-order valence-electron chi connectivity index (χ3n) is 4.25. The third-order valence-corrected chi connectivity index (χ3v) is 8.05.